The molecule has 0 amide bonds. The van der Waals surface area contributed by atoms with Gasteiger partial charge in [0.25, 0.3) is 0 Å². The Kier molecular flexibility index (Phi) is 2.94. The Morgan fingerprint density at radius 3 is 2.81 bits per heavy atom. The molecule has 1 N–H and O–H groups in total. The summed E-state index contributed by atoms with van der Waals surface area (Å²) >= 11 is 0. The van der Waals surface area contributed by atoms with E-state index in [4.69, 9.17) is 5.11 Å². The van der Waals surface area contributed by atoms with Crippen molar-refractivity contribution < 1.29 is 9.90 Å². The van der Waals surface area contributed by atoms with Crippen LogP contribution in [0.3, 0.4) is 0 Å². The number of carboxylic acids is 1. The molecule has 1 aliphatic rings. The summed E-state index contributed by atoms with van der Waals surface area (Å²) in [6.45, 7) is 4.55. The fourth-order valence-corrected chi connectivity index (χ4v) is 2.11. The molecule has 2 atom stereocenters. The zero-order chi connectivity index (χ0) is 11.7. The van der Waals surface area contributed by atoms with Gasteiger partial charge in [0, 0.05) is 18.9 Å². The van der Waals surface area contributed by atoms with Crippen LogP contribution in [0.15, 0.2) is 0 Å². The standard InChI is InChI=1S/C11H17N3O2/c1-7(8(2)11(15)16)10-13-12-9-5-3-4-6-14(9)10/h7-8H,3-6H2,1-2H3,(H,15,16). The SMILES string of the molecule is CC(C(=O)O)C(C)c1nnc2n1CCCC2. The third-order valence-electron chi connectivity index (χ3n) is 3.43. The fourth-order valence-electron chi connectivity index (χ4n) is 2.11. The Morgan fingerprint density at radius 1 is 1.38 bits per heavy atom. The molecule has 2 heterocycles. The molecule has 0 spiro atoms. The minimum atomic E-state index is -0.777. The summed E-state index contributed by atoms with van der Waals surface area (Å²) in [7, 11) is 0. The first-order chi connectivity index (χ1) is 7.61. The highest BCUT2D eigenvalue weighted by atomic mass is 16.4. The van der Waals surface area contributed by atoms with Gasteiger partial charge in [-0.05, 0) is 12.8 Å². The smallest absolute Gasteiger partial charge is 0.306 e. The lowest BCUT2D eigenvalue weighted by Crippen LogP contribution is -2.22. The summed E-state index contributed by atoms with van der Waals surface area (Å²) in [5.41, 5.74) is 0. The van der Waals surface area contributed by atoms with Crippen molar-refractivity contribution in [3.63, 3.8) is 0 Å². The van der Waals surface area contributed by atoms with Crippen LogP contribution in [-0.4, -0.2) is 25.8 Å². The Hall–Kier alpha value is -1.39. The molecule has 88 valence electrons. The summed E-state index contributed by atoms with van der Waals surface area (Å²) in [6.07, 6.45) is 3.24. The lowest BCUT2D eigenvalue weighted by molar-refractivity contribution is -0.141. The van der Waals surface area contributed by atoms with Crippen LogP contribution in [0.2, 0.25) is 0 Å². The Labute approximate surface area is 94.5 Å². The molecular weight excluding hydrogens is 206 g/mol. The Bertz CT molecular complexity index is 400. The van der Waals surface area contributed by atoms with E-state index in [1.54, 1.807) is 6.92 Å². The van der Waals surface area contributed by atoms with Crippen molar-refractivity contribution in [1.82, 2.24) is 14.8 Å². The second-order valence-electron chi connectivity index (χ2n) is 4.50. The first-order valence-electron chi connectivity index (χ1n) is 5.76. The van der Waals surface area contributed by atoms with Gasteiger partial charge in [-0.15, -0.1) is 10.2 Å². The number of carbonyl (C=O) groups is 1. The molecule has 5 heteroatoms. The van der Waals surface area contributed by atoms with E-state index in [9.17, 15) is 4.79 Å². The van der Waals surface area contributed by atoms with Gasteiger partial charge >= 0.3 is 5.97 Å². The van der Waals surface area contributed by atoms with E-state index < -0.39 is 11.9 Å². The predicted octanol–water partition coefficient (Wildman–Crippen LogP) is 1.44. The lowest BCUT2D eigenvalue weighted by Gasteiger charge is -2.19. The first kappa shape index (κ1) is 11.1. The number of nitrogens with zero attached hydrogens (tertiary/aromatic N) is 3. The number of hydrogen-bond donors (Lipinski definition) is 1. The average Bonchev–Trinajstić information content (AvgIpc) is 2.70. The average molecular weight is 223 g/mol. The van der Waals surface area contributed by atoms with Gasteiger partial charge in [-0.25, -0.2) is 0 Å². The molecule has 0 bridgehead atoms. The highest BCUT2D eigenvalue weighted by Gasteiger charge is 2.27. The van der Waals surface area contributed by atoms with Crippen LogP contribution >= 0.6 is 0 Å². The number of fused-ring (bicyclic) bond motifs is 1. The minimum absolute atomic E-state index is 0.0863. The van der Waals surface area contributed by atoms with Crippen molar-refractivity contribution >= 4 is 5.97 Å². The fraction of sp³-hybridized carbons (Fsp3) is 0.727. The molecular formula is C11H17N3O2. The second kappa shape index (κ2) is 4.23. The first-order valence-corrected chi connectivity index (χ1v) is 5.76. The molecule has 0 saturated carbocycles. The lowest BCUT2D eigenvalue weighted by atomic mass is 9.95. The maximum atomic E-state index is 10.9. The van der Waals surface area contributed by atoms with Gasteiger partial charge in [-0.2, -0.15) is 0 Å². The number of aliphatic carboxylic acids is 1. The molecule has 1 aromatic rings. The predicted molar refractivity (Wildman–Crippen MR) is 58.2 cm³/mol. The van der Waals surface area contributed by atoms with E-state index in [0.717, 1.165) is 37.5 Å². The Balaban J connectivity index is 2.26. The van der Waals surface area contributed by atoms with Crippen molar-refractivity contribution in [2.45, 2.75) is 45.6 Å². The maximum Gasteiger partial charge on any atom is 0.306 e. The minimum Gasteiger partial charge on any atom is -0.481 e. The van der Waals surface area contributed by atoms with Gasteiger partial charge < -0.3 is 9.67 Å². The van der Waals surface area contributed by atoms with Crippen LogP contribution in [0.4, 0.5) is 0 Å². The third kappa shape index (κ3) is 1.81. The molecule has 2 rings (SSSR count). The molecule has 0 saturated heterocycles. The van der Waals surface area contributed by atoms with Crippen LogP contribution in [-0.2, 0) is 17.8 Å². The number of rotatable bonds is 3. The van der Waals surface area contributed by atoms with Crippen molar-refractivity contribution in [3.8, 4) is 0 Å². The summed E-state index contributed by atoms with van der Waals surface area (Å²) in [6, 6.07) is 0. The number of aryl methyl sites for hydroxylation is 1. The zero-order valence-electron chi connectivity index (χ0n) is 9.68. The highest BCUT2D eigenvalue weighted by molar-refractivity contribution is 5.70. The number of hydrogen-bond acceptors (Lipinski definition) is 3. The van der Waals surface area contributed by atoms with Crippen LogP contribution in [0.25, 0.3) is 0 Å². The second-order valence-corrected chi connectivity index (χ2v) is 4.50. The molecule has 0 radical (unpaired) electrons. The summed E-state index contributed by atoms with van der Waals surface area (Å²) in [5, 5.41) is 17.3. The van der Waals surface area contributed by atoms with Crippen LogP contribution in [0.5, 0.6) is 0 Å². The largest absolute Gasteiger partial charge is 0.481 e. The molecule has 2 unspecified atom stereocenters. The van der Waals surface area contributed by atoms with E-state index >= 15 is 0 Å². The summed E-state index contributed by atoms with van der Waals surface area (Å²) in [5.74, 6) is 0.544. The van der Waals surface area contributed by atoms with Crippen LogP contribution in [0, 0.1) is 5.92 Å². The molecule has 1 aliphatic heterocycles. The quantitative estimate of drug-likeness (QED) is 0.841. The summed E-state index contributed by atoms with van der Waals surface area (Å²) in [4.78, 5) is 10.9. The molecule has 5 nitrogen and oxygen atoms in total. The third-order valence-corrected chi connectivity index (χ3v) is 3.43. The van der Waals surface area contributed by atoms with E-state index in [-0.39, 0.29) is 5.92 Å². The molecule has 0 aliphatic carbocycles. The zero-order valence-corrected chi connectivity index (χ0v) is 9.68. The molecule has 0 fully saturated rings. The van der Waals surface area contributed by atoms with Gasteiger partial charge in [-0.3, -0.25) is 4.79 Å². The van der Waals surface area contributed by atoms with Gasteiger partial charge in [0.2, 0.25) is 0 Å². The van der Waals surface area contributed by atoms with E-state index in [1.165, 1.54) is 0 Å². The van der Waals surface area contributed by atoms with E-state index in [1.807, 2.05) is 6.92 Å². The normalized spacial score (nSPS) is 18.9. The van der Waals surface area contributed by atoms with E-state index in [0.29, 0.717) is 0 Å². The number of aromatic nitrogens is 3. The molecule has 16 heavy (non-hydrogen) atoms. The monoisotopic (exact) mass is 223 g/mol. The van der Waals surface area contributed by atoms with Crippen molar-refractivity contribution in [1.29, 1.82) is 0 Å². The van der Waals surface area contributed by atoms with Gasteiger partial charge in [0.1, 0.15) is 11.6 Å². The number of carboxylic acid groups (broad SMARTS) is 1. The molecule has 0 aromatic carbocycles. The van der Waals surface area contributed by atoms with Gasteiger partial charge in [-0.1, -0.05) is 13.8 Å². The summed E-state index contributed by atoms with van der Waals surface area (Å²) < 4.78 is 2.09. The topological polar surface area (TPSA) is 68.0 Å². The maximum absolute atomic E-state index is 10.9. The van der Waals surface area contributed by atoms with E-state index in [2.05, 4.69) is 14.8 Å². The van der Waals surface area contributed by atoms with Crippen LogP contribution in [0.1, 0.15) is 44.3 Å². The van der Waals surface area contributed by atoms with Crippen molar-refractivity contribution in [2.75, 3.05) is 0 Å². The highest BCUT2D eigenvalue weighted by Crippen LogP contribution is 2.25. The van der Waals surface area contributed by atoms with Gasteiger partial charge in [0.15, 0.2) is 0 Å². The molecule has 1 aromatic heterocycles. The Morgan fingerprint density at radius 2 is 2.12 bits per heavy atom. The van der Waals surface area contributed by atoms with Crippen LogP contribution < -0.4 is 0 Å². The van der Waals surface area contributed by atoms with Gasteiger partial charge in [0.05, 0.1) is 5.92 Å². The van der Waals surface area contributed by atoms with Crippen molar-refractivity contribution in [2.24, 2.45) is 5.92 Å². The van der Waals surface area contributed by atoms with Crippen molar-refractivity contribution in [3.05, 3.63) is 11.6 Å².